The number of aromatic carboxylic acids is 4. The van der Waals surface area contributed by atoms with Gasteiger partial charge in [0, 0.05) is 0 Å². The fourth-order valence-electron chi connectivity index (χ4n) is 1.71. The van der Waals surface area contributed by atoms with Crippen molar-refractivity contribution in [2.75, 3.05) is 0 Å². The third-order valence-corrected chi connectivity index (χ3v) is 2.78. The Morgan fingerprint density at radius 2 is 0.586 bits per heavy atom. The van der Waals surface area contributed by atoms with E-state index in [4.69, 9.17) is 20.4 Å². The molecule has 0 heterocycles. The van der Waals surface area contributed by atoms with E-state index in [0.29, 0.717) is 0 Å². The number of carboxylic acids is 4. The molecule has 0 amide bonds. The molecule has 0 aliphatic carbocycles. The zero-order chi connectivity index (χ0) is 18.3. The molecule has 2 aromatic rings. The van der Waals surface area contributed by atoms with Crippen LogP contribution >= 0.6 is 0 Å². The number of hydrogen-bond acceptors (Lipinski definition) is 4. The van der Waals surface area contributed by atoms with Crippen molar-refractivity contribution in [1.82, 2.24) is 0 Å². The van der Waals surface area contributed by atoms with Crippen LogP contribution in [-0.4, -0.2) is 44.3 Å². The molecule has 0 saturated heterocycles. The van der Waals surface area contributed by atoms with Gasteiger partial charge in [-0.05, 0) is 24.3 Å². The molecule has 0 bridgehead atoms. The molecule has 0 saturated carbocycles. The maximum absolute atomic E-state index is 10.5. The van der Waals surface area contributed by atoms with Crippen molar-refractivity contribution < 1.29 is 90.2 Å². The number of benzene rings is 2. The molecular weight excluding hydrogens is 480 g/mol. The second kappa shape index (κ2) is 17.3. The summed E-state index contributed by atoms with van der Waals surface area (Å²) in [5.41, 5.74) is -0.759. The SMILES string of the molecule is O=C(O)c1ccccc1C(=O)O.O=C(O)c1ccccc1C(=O)O.[Fe+3].[Fe+3].[O-2].[O-2].[O-2]. The second-order valence-electron chi connectivity index (χ2n) is 4.31. The Bertz CT molecular complexity index is 675. The number of carboxylic acid groups (broad SMARTS) is 4. The van der Waals surface area contributed by atoms with Gasteiger partial charge in [0.05, 0.1) is 22.3 Å². The number of carbonyl (C=O) groups is 4. The average molecular weight is 492 g/mol. The first-order chi connectivity index (χ1) is 11.3. The summed E-state index contributed by atoms with van der Waals surface area (Å²) < 4.78 is 0. The summed E-state index contributed by atoms with van der Waals surface area (Å²) >= 11 is 0. The molecule has 2 radical (unpaired) electrons. The minimum atomic E-state index is -1.23. The predicted octanol–water partition coefficient (Wildman–Crippen LogP) is 1.80. The molecule has 0 spiro atoms. The van der Waals surface area contributed by atoms with Crippen LogP contribution in [0.1, 0.15) is 41.4 Å². The van der Waals surface area contributed by atoms with Crippen molar-refractivity contribution in [1.29, 1.82) is 0 Å². The van der Waals surface area contributed by atoms with Crippen LogP contribution in [0.4, 0.5) is 0 Å². The monoisotopic (exact) mass is 492 g/mol. The van der Waals surface area contributed by atoms with Gasteiger partial charge in [-0.2, -0.15) is 0 Å². The van der Waals surface area contributed by atoms with Crippen LogP contribution in [0.15, 0.2) is 48.5 Å². The van der Waals surface area contributed by atoms with Gasteiger partial charge in [0.15, 0.2) is 0 Å². The van der Waals surface area contributed by atoms with E-state index in [1.54, 1.807) is 0 Å². The molecule has 2 aromatic carbocycles. The molecule has 158 valence electrons. The Kier molecular flexibility index (Phi) is 22.2. The molecule has 0 fully saturated rings. The van der Waals surface area contributed by atoms with E-state index >= 15 is 0 Å². The Labute approximate surface area is 184 Å². The zero-order valence-electron chi connectivity index (χ0n) is 14.0. The molecule has 13 heteroatoms. The van der Waals surface area contributed by atoms with Gasteiger partial charge in [-0.25, -0.2) is 19.2 Å². The Balaban J connectivity index is -0.000000113. The Hall–Kier alpha value is -2.76. The molecule has 0 aromatic heterocycles. The van der Waals surface area contributed by atoms with Crippen LogP contribution < -0.4 is 0 Å². The van der Waals surface area contributed by atoms with Crippen LogP contribution in [0.2, 0.25) is 0 Å². The molecule has 0 atom stereocenters. The molecule has 11 nitrogen and oxygen atoms in total. The van der Waals surface area contributed by atoms with Crippen LogP contribution in [0, 0.1) is 0 Å². The fraction of sp³-hybridized carbons (Fsp3) is 0. The number of rotatable bonds is 4. The third kappa shape index (κ3) is 11.0. The van der Waals surface area contributed by atoms with E-state index in [0.717, 1.165) is 0 Å². The summed E-state index contributed by atoms with van der Waals surface area (Å²) in [6.07, 6.45) is 0. The van der Waals surface area contributed by atoms with E-state index in [1.807, 2.05) is 0 Å². The third-order valence-electron chi connectivity index (χ3n) is 2.78. The molecule has 0 aliphatic heterocycles. The summed E-state index contributed by atoms with van der Waals surface area (Å²) in [7, 11) is 0. The Morgan fingerprint density at radius 3 is 0.690 bits per heavy atom. The quantitative estimate of drug-likeness (QED) is 0.458. The van der Waals surface area contributed by atoms with Crippen molar-refractivity contribution in [3.05, 3.63) is 70.8 Å². The van der Waals surface area contributed by atoms with Crippen molar-refractivity contribution in [3.63, 3.8) is 0 Å². The Morgan fingerprint density at radius 1 is 0.448 bits per heavy atom. The largest absolute Gasteiger partial charge is 3.00 e. The molecule has 29 heavy (non-hydrogen) atoms. The van der Waals surface area contributed by atoms with E-state index in [-0.39, 0.29) is 72.8 Å². The summed E-state index contributed by atoms with van der Waals surface area (Å²) in [5, 5.41) is 34.2. The van der Waals surface area contributed by atoms with Crippen LogP contribution in [0.25, 0.3) is 0 Å². The van der Waals surface area contributed by atoms with Crippen molar-refractivity contribution in [2.24, 2.45) is 0 Å². The van der Waals surface area contributed by atoms with Crippen molar-refractivity contribution >= 4 is 23.9 Å². The summed E-state index contributed by atoms with van der Waals surface area (Å²) in [6.45, 7) is 0. The molecule has 2 rings (SSSR count). The van der Waals surface area contributed by atoms with Gasteiger partial charge in [-0.1, -0.05) is 24.3 Å². The minimum Gasteiger partial charge on any atom is -2.00 e. The molecule has 0 unspecified atom stereocenters. The van der Waals surface area contributed by atoms with Crippen molar-refractivity contribution in [2.45, 2.75) is 0 Å². The molecule has 0 aliphatic rings. The summed E-state index contributed by atoms with van der Waals surface area (Å²) in [5.74, 6) is -4.91. The van der Waals surface area contributed by atoms with Crippen molar-refractivity contribution in [3.8, 4) is 0 Å². The standard InChI is InChI=1S/2C8H6O4.2Fe.3O/c2*9-7(10)5-3-1-2-4-6(5)8(11)12;;;;;/h2*1-4H,(H,9,10)(H,11,12);;;;;/q;;2*+3;3*-2. The van der Waals surface area contributed by atoms with Gasteiger partial charge in [0.25, 0.3) is 0 Å². The van der Waals surface area contributed by atoms with Gasteiger partial charge >= 0.3 is 58.0 Å². The molecular formula is C16H12Fe2O11. The first-order valence-corrected chi connectivity index (χ1v) is 6.37. The minimum absolute atomic E-state index is 0. The molecule has 4 N–H and O–H groups in total. The van der Waals surface area contributed by atoms with E-state index in [1.165, 1.54) is 48.5 Å². The van der Waals surface area contributed by atoms with Gasteiger partial charge in [-0.3, -0.25) is 0 Å². The van der Waals surface area contributed by atoms with Gasteiger partial charge in [-0.15, -0.1) is 0 Å². The van der Waals surface area contributed by atoms with Gasteiger partial charge in [0.2, 0.25) is 0 Å². The topological polar surface area (TPSA) is 235 Å². The van der Waals surface area contributed by atoms with Crippen LogP contribution in [0.3, 0.4) is 0 Å². The predicted molar refractivity (Wildman–Crippen MR) is 82.8 cm³/mol. The van der Waals surface area contributed by atoms with E-state index in [9.17, 15) is 19.2 Å². The van der Waals surface area contributed by atoms with E-state index in [2.05, 4.69) is 0 Å². The maximum Gasteiger partial charge on any atom is 3.00 e. The first-order valence-electron chi connectivity index (χ1n) is 6.37. The maximum atomic E-state index is 10.5. The number of hydrogen-bond donors (Lipinski definition) is 4. The zero-order valence-corrected chi connectivity index (χ0v) is 16.2. The smallest absolute Gasteiger partial charge is 2.00 e. The van der Waals surface area contributed by atoms with E-state index < -0.39 is 23.9 Å². The summed E-state index contributed by atoms with van der Waals surface area (Å²) in [6, 6.07) is 11.0. The summed E-state index contributed by atoms with van der Waals surface area (Å²) in [4.78, 5) is 41.9. The van der Waals surface area contributed by atoms with Crippen LogP contribution in [0.5, 0.6) is 0 Å². The fourth-order valence-corrected chi connectivity index (χ4v) is 1.71. The van der Waals surface area contributed by atoms with Crippen LogP contribution in [-0.2, 0) is 50.6 Å². The normalized spacial score (nSPS) is 7.72. The van der Waals surface area contributed by atoms with Gasteiger partial charge in [0.1, 0.15) is 0 Å². The second-order valence-corrected chi connectivity index (χ2v) is 4.31. The average Bonchev–Trinajstić information content (AvgIpc) is 2.55. The first kappa shape index (κ1) is 37.1. The van der Waals surface area contributed by atoms with Gasteiger partial charge < -0.3 is 36.9 Å².